The molecule has 2 aliphatic heterocycles. The van der Waals surface area contributed by atoms with Gasteiger partial charge in [-0.1, -0.05) is 47.9 Å². The van der Waals surface area contributed by atoms with Crippen molar-refractivity contribution < 1.29 is 33.0 Å². The fourth-order valence-corrected chi connectivity index (χ4v) is 7.26. The summed E-state index contributed by atoms with van der Waals surface area (Å²) in [7, 11) is 4.00. The number of thiocarbonyl (C=S) groups is 1. The minimum Gasteiger partial charge on any atom is -0.497 e. The number of rotatable bonds is 5. The smallest absolute Gasteiger partial charge is 0.346 e. The molecule has 2 heterocycles. The van der Waals surface area contributed by atoms with E-state index in [1.54, 1.807) is 35.2 Å². The highest BCUT2D eigenvalue weighted by atomic mass is 32.2. The van der Waals surface area contributed by atoms with Crippen molar-refractivity contribution in [1.82, 2.24) is 0 Å². The summed E-state index contributed by atoms with van der Waals surface area (Å²) in [5.74, 6) is -1.41. The molecule has 7 nitrogen and oxygen atoms in total. The lowest BCUT2D eigenvalue weighted by Crippen LogP contribution is -2.56. The summed E-state index contributed by atoms with van der Waals surface area (Å²) in [5, 5.41) is 0. The number of ether oxygens (including phenoxy) is 3. The molecule has 2 aromatic rings. The van der Waals surface area contributed by atoms with Crippen LogP contribution in [0.1, 0.15) is 25.0 Å². The molecule has 2 aromatic carbocycles. The molecule has 0 radical (unpaired) electrons. The summed E-state index contributed by atoms with van der Waals surface area (Å²) in [6.07, 6.45) is 0.0267. The molecular formula is C27H24FNO6S3. The quantitative estimate of drug-likeness (QED) is 0.270. The third-order valence-corrected chi connectivity index (χ3v) is 9.38. The predicted molar refractivity (Wildman–Crippen MR) is 150 cm³/mol. The molecule has 11 heteroatoms. The fourth-order valence-electron chi connectivity index (χ4n) is 4.23. The first kappa shape index (κ1) is 27.9. The van der Waals surface area contributed by atoms with Crippen molar-refractivity contribution in [3.63, 3.8) is 0 Å². The Bertz CT molecular complexity index is 1380. The second-order valence-corrected chi connectivity index (χ2v) is 11.5. The molecule has 4 rings (SSSR count). The average molecular weight is 574 g/mol. The van der Waals surface area contributed by atoms with Crippen molar-refractivity contribution in [2.45, 2.75) is 25.8 Å². The number of fused-ring (bicyclic) bond motifs is 1. The van der Waals surface area contributed by atoms with Gasteiger partial charge in [0.15, 0.2) is 0 Å². The number of benzene rings is 2. The fraction of sp³-hybridized carbons (Fsp3) is 0.259. The zero-order chi connectivity index (χ0) is 27.8. The molecule has 0 spiro atoms. The average Bonchev–Trinajstić information content (AvgIpc) is 3.34. The van der Waals surface area contributed by atoms with Crippen molar-refractivity contribution >= 4 is 69.7 Å². The van der Waals surface area contributed by atoms with Gasteiger partial charge >= 0.3 is 11.9 Å². The summed E-state index contributed by atoms with van der Waals surface area (Å²) in [6.45, 7) is 3.67. The van der Waals surface area contributed by atoms with Crippen LogP contribution >= 0.6 is 35.7 Å². The molecule has 0 aliphatic carbocycles. The van der Waals surface area contributed by atoms with Crippen LogP contribution in [0.15, 0.2) is 56.5 Å². The van der Waals surface area contributed by atoms with Gasteiger partial charge < -0.3 is 19.1 Å². The number of anilines is 1. The molecular weight excluding hydrogens is 549 g/mol. The lowest BCUT2D eigenvalue weighted by Gasteiger charge is -2.45. The maximum atomic E-state index is 13.7. The van der Waals surface area contributed by atoms with Gasteiger partial charge in [0, 0.05) is 17.2 Å². The van der Waals surface area contributed by atoms with E-state index in [1.807, 2.05) is 13.8 Å². The highest BCUT2D eigenvalue weighted by Gasteiger charge is 2.46. The van der Waals surface area contributed by atoms with Crippen LogP contribution in [0.5, 0.6) is 5.75 Å². The molecule has 0 atom stereocenters. The van der Waals surface area contributed by atoms with Gasteiger partial charge in [-0.15, -0.1) is 0 Å². The van der Waals surface area contributed by atoms with Crippen molar-refractivity contribution in [2.75, 3.05) is 26.2 Å². The highest BCUT2D eigenvalue weighted by molar-refractivity contribution is 8.29. The SMILES string of the molecule is COC(=O)C1=C(C(=O)OC)SC(=C2C(=S)C(C)(C)N(C(=O)Cc3ccc(F)cc3)c3cc(OC)ccc32)S1. The van der Waals surface area contributed by atoms with E-state index in [9.17, 15) is 18.8 Å². The monoisotopic (exact) mass is 573 g/mol. The number of hydrogen-bond acceptors (Lipinski definition) is 9. The number of thioether (sulfide) groups is 2. The molecule has 0 saturated carbocycles. The Morgan fingerprint density at radius 2 is 1.53 bits per heavy atom. The summed E-state index contributed by atoms with van der Waals surface area (Å²) >= 11 is 8.14. The van der Waals surface area contributed by atoms with Crippen molar-refractivity contribution in [3.8, 4) is 5.75 Å². The van der Waals surface area contributed by atoms with Gasteiger partial charge in [-0.25, -0.2) is 14.0 Å². The first-order valence-electron chi connectivity index (χ1n) is 11.3. The van der Waals surface area contributed by atoms with Crippen LogP contribution in [0.3, 0.4) is 0 Å². The number of hydrogen-bond donors (Lipinski definition) is 0. The maximum Gasteiger partial charge on any atom is 0.346 e. The van der Waals surface area contributed by atoms with Crippen LogP contribution in [0.25, 0.3) is 5.57 Å². The minimum absolute atomic E-state index is 0.0267. The second kappa shape index (κ2) is 10.9. The largest absolute Gasteiger partial charge is 0.497 e. The lowest BCUT2D eigenvalue weighted by atomic mass is 9.83. The van der Waals surface area contributed by atoms with E-state index >= 15 is 0 Å². The van der Waals surface area contributed by atoms with Crippen LogP contribution < -0.4 is 9.64 Å². The van der Waals surface area contributed by atoms with Gasteiger partial charge in [0.1, 0.15) is 21.4 Å². The van der Waals surface area contributed by atoms with E-state index in [4.69, 9.17) is 26.4 Å². The Kier molecular flexibility index (Phi) is 8.01. The Hall–Kier alpha value is -3.15. The molecule has 0 bridgehead atoms. The normalized spacial score (nSPS) is 16.4. The summed E-state index contributed by atoms with van der Waals surface area (Å²) < 4.78 is 29.3. The van der Waals surface area contributed by atoms with E-state index in [2.05, 4.69) is 0 Å². The van der Waals surface area contributed by atoms with Crippen LogP contribution in [-0.4, -0.2) is 49.6 Å². The molecule has 2 aliphatic rings. The maximum absolute atomic E-state index is 13.7. The molecule has 38 heavy (non-hydrogen) atoms. The van der Waals surface area contributed by atoms with Gasteiger partial charge in [0.05, 0.1) is 48.1 Å². The van der Waals surface area contributed by atoms with E-state index in [-0.39, 0.29) is 28.0 Å². The summed E-state index contributed by atoms with van der Waals surface area (Å²) in [6, 6.07) is 11.1. The summed E-state index contributed by atoms with van der Waals surface area (Å²) in [5.41, 5.74) is 1.51. The Morgan fingerprint density at radius 1 is 0.947 bits per heavy atom. The van der Waals surface area contributed by atoms with E-state index < -0.39 is 17.5 Å². The van der Waals surface area contributed by atoms with Crippen molar-refractivity contribution in [3.05, 3.63) is 73.5 Å². The van der Waals surface area contributed by atoms with Gasteiger partial charge in [-0.2, -0.15) is 0 Å². The Labute approximate surface area is 233 Å². The van der Waals surface area contributed by atoms with Crippen molar-refractivity contribution in [1.29, 1.82) is 0 Å². The van der Waals surface area contributed by atoms with Crippen LogP contribution in [0, 0.1) is 5.82 Å². The zero-order valence-electron chi connectivity index (χ0n) is 21.2. The molecule has 0 saturated heterocycles. The van der Waals surface area contributed by atoms with Crippen LogP contribution in [0.4, 0.5) is 10.1 Å². The third kappa shape index (κ3) is 4.97. The number of nitrogens with zero attached hydrogens (tertiary/aromatic N) is 1. The van der Waals surface area contributed by atoms with Crippen LogP contribution in [0.2, 0.25) is 0 Å². The van der Waals surface area contributed by atoms with E-state index in [0.717, 1.165) is 23.5 Å². The lowest BCUT2D eigenvalue weighted by molar-refractivity contribution is -0.138. The Balaban J connectivity index is 1.86. The van der Waals surface area contributed by atoms with Gasteiger partial charge in [0.25, 0.3) is 0 Å². The van der Waals surface area contributed by atoms with Crippen LogP contribution in [-0.2, 0) is 30.3 Å². The highest BCUT2D eigenvalue weighted by Crippen LogP contribution is 2.56. The Morgan fingerprint density at radius 3 is 2.05 bits per heavy atom. The number of methoxy groups -OCH3 is 3. The predicted octanol–water partition coefficient (Wildman–Crippen LogP) is 5.28. The second-order valence-electron chi connectivity index (χ2n) is 8.81. The van der Waals surface area contributed by atoms with E-state index in [1.165, 1.54) is 33.5 Å². The number of carbonyl (C=O) groups is 3. The van der Waals surface area contributed by atoms with Gasteiger partial charge in [-0.05, 0) is 43.7 Å². The first-order valence-corrected chi connectivity index (χ1v) is 13.4. The minimum atomic E-state index is -0.977. The summed E-state index contributed by atoms with van der Waals surface area (Å²) in [4.78, 5) is 41.0. The van der Waals surface area contributed by atoms with Gasteiger partial charge in [-0.3, -0.25) is 4.79 Å². The molecule has 0 fully saturated rings. The van der Waals surface area contributed by atoms with E-state index in [0.29, 0.717) is 37.2 Å². The number of carbonyl (C=O) groups excluding carboxylic acids is 3. The molecule has 0 aromatic heterocycles. The topological polar surface area (TPSA) is 82.1 Å². The molecule has 198 valence electrons. The van der Waals surface area contributed by atoms with Crippen molar-refractivity contribution in [2.24, 2.45) is 0 Å². The molecule has 0 N–H and O–H groups in total. The number of halogens is 1. The third-order valence-electron chi connectivity index (χ3n) is 6.12. The zero-order valence-corrected chi connectivity index (χ0v) is 23.7. The molecule has 0 unspecified atom stereocenters. The standard InChI is InChI=1S/C27H24FNO6S3/c1-27(2)23(36)20(26-37-21(24(31)34-4)22(38-26)25(32)35-5)17-11-10-16(33-3)13-18(17)29(27)19(30)12-14-6-8-15(28)9-7-14/h6-11,13H,12H2,1-5H3. The number of esters is 2. The number of amides is 1. The molecule has 1 amide bonds. The first-order chi connectivity index (χ1) is 18.0. The van der Waals surface area contributed by atoms with Gasteiger partial charge in [0.2, 0.25) is 5.91 Å².